The van der Waals surface area contributed by atoms with E-state index in [1.54, 1.807) is 6.26 Å². The van der Waals surface area contributed by atoms with Crippen molar-refractivity contribution in [3.8, 4) is 0 Å². The van der Waals surface area contributed by atoms with Gasteiger partial charge < -0.3 is 9.84 Å². The van der Waals surface area contributed by atoms with Crippen LogP contribution in [0.25, 0.3) is 0 Å². The molecule has 0 aromatic heterocycles. The maximum Gasteiger partial charge on any atom is 0.110 e. The van der Waals surface area contributed by atoms with Crippen molar-refractivity contribution in [1.29, 1.82) is 0 Å². The Balaban J connectivity index is 3.46. The summed E-state index contributed by atoms with van der Waals surface area (Å²) in [5, 5.41) is 8.43. The Morgan fingerprint density at radius 1 is 1.42 bits per heavy atom. The molecule has 72 valence electrons. The number of allylic oxidation sites excluding steroid dienone is 1. The van der Waals surface area contributed by atoms with E-state index in [2.05, 4.69) is 19.9 Å². The lowest BCUT2D eigenvalue weighted by molar-refractivity contribution is 0.164. The van der Waals surface area contributed by atoms with Crippen LogP contribution in [0.15, 0.2) is 12.3 Å². The van der Waals surface area contributed by atoms with Crippen LogP contribution in [0.5, 0.6) is 0 Å². The van der Waals surface area contributed by atoms with Gasteiger partial charge in [0.1, 0.15) is 6.61 Å². The van der Waals surface area contributed by atoms with E-state index < -0.39 is 0 Å². The molecule has 0 heterocycles. The van der Waals surface area contributed by atoms with Gasteiger partial charge in [0.2, 0.25) is 0 Å². The summed E-state index contributed by atoms with van der Waals surface area (Å²) in [6.07, 6.45) is 7.38. The molecule has 0 bridgehead atoms. The predicted molar refractivity (Wildman–Crippen MR) is 50.9 cm³/mol. The largest absolute Gasteiger partial charge is 0.499 e. The first kappa shape index (κ1) is 11.5. The molecule has 0 aliphatic heterocycles. The van der Waals surface area contributed by atoms with Crippen molar-refractivity contribution >= 4 is 0 Å². The molecule has 0 spiro atoms. The topological polar surface area (TPSA) is 29.5 Å². The lowest BCUT2D eigenvalue weighted by atomic mass is 10.0. The average Bonchev–Trinajstić information content (AvgIpc) is 2.10. The fourth-order valence-corrected chi connectivity index (χ4v) is 1.09. The van der Waals surface area contributed by atoms with Gasteiger partial charge in [0.05, 0.1) is 12.9 Å². The van der Waals surface area contributed by atoms with Crippen LogP contribution in [0.3, 0.4) is 0 Å². The normalized spacial score (nSPS) is 13.6. The van der Waals surface area contributed by atoms with Crippen LogP contribution in [0, 0.1) is 5.92 Å². The van der Waals surface area contributed by atoms with Gasteiger partial charge in [0, 0.05) is 0 Å². The molecular weight excluding hydrogens is 152 g/mol. The van der Waals surface area contributed by atoms with Crippen molar-refractivity contribution in [2.24, 2.45) is 5.92 Å². The average molecular weight is 172 g/mol. The molecule has 12 heavy (non-hydrogen) atoms. The first-order chi connectivity index (χ1) is 5.85. The molecule has 0 aliphatic carbocycles. The minimum Gasteiger partial charge on any atom is -0.499 e. The summed E-state index contributed by atoms with van der Waals surface area (Å²) in [5.41, 5.74) is 0. The Bertz CT molecular complexity index is 110. The van der Waals surface area contributed by atoms with Crippen LogP contribution >= 0.6 is 0 Å². The van der Waals surface area contributed by atoms with Crippen LogP contribution < -0.4 is 0 Å². The highest BCUT2D eigenvalue weighted by Gasteiger charge is 1.98. The summed E-state index contributed by atoms with van der Waals surface area (Å²) < 4.78 is 5.03. The van der Waals surface area contributed by atoms with Crippen LogP contribution in [0.1, 0.15) is 33.1 Å². The van der Waals surface area contributed by atoms with Gasteiger partial charge >= 0.3 is 0 Å². The van der Waals surface area contributed by atoms with E-state index in [4.69, 9.17) is 9.84 Å². The standard InChI is InChI=1S/C10H20O2/c1-3-5-10(4-2)6-8-12-9-7-11/h6,8,10-11H,3-5,7,9H2,1-2H3/b8-6+. The Morgan fingerprint density at radius 2 is 2.17 bits per heavy atom. The Kier molecular flexibility index (Phi) is 8.24. The van der Waals surface area contributed by atoms with Crippen molar-refractivity contribution in [3.05, 3.63) is 12.3 Å². The maximum absolute atomic E-state index is 8.43. The Labute approximate surface area is 75.2 Å². The quantitative estimate of drug-likeness (QED) is 0.472. The molecule has 0 saturated heterocycles. The van der Waals surface area contributed by atoms with Crippen molar-refractivity contribution in [1.82, 2.24) is 0 Å². The van der Waals surface area contributed by atoms with Gasteiger partial charge in [0.15, 0.2) is 0 Å². The van der Waals surface area contributed by atoms with E-state index in [0.29, 0.717) is 12.5 Å². The van der Waals surface area contributed by atoms with Crippen LogP contribution in [-0.4, -0.2) is 18.3 Å². The van der Waals surface area contributed by atoms with E-state index in [1.807, 2.05) is 0 Å². The zero-order valence-corrected chi connectivity index (χ0v) is 8.12. The van der Waals surface area contributed by atoms with Crippen molar-refractivity contribution < 1.29 is 9.84 Å². The van der Waals surface area contributed by atoms with Gasteiger partial charge in [-0.3, -0.25) is 0 Å². The number of hydrogen-bond acceptors (Lipinski definition) is 2. The van der Waals surface area contributed by atoms with Gasteiger partial charge in [-0.05, 0) is 24.8 Å². The SMILES string of the molecule is CCCC(/C=C/OCCO)CC. The molecule has 0 saturated carbocycles. The summed E-state index contributed by atoms with van der Waals surface area (Å²) in [6.45, 7) is 4.86. The van der Waals surface area contributed by atoms with Crippen molar-refractivity contribution in [2.45, 2.75) is 33.1 Å². The van der Waals surface area contributed by atoms with Gasteiger partial charge in [-0.1, -0.05) is 20.3 Å². The number of aliphatic hydroxyl groups is 1. The fourth-order valence-electron chi connectivity index (χ4n) is 1.09. The number of rotatable bonds is 7. The van der Waals surface area contributed by atoms with Crippen molar-refractivity contribution in [2.75, 3.05) is 13.2 Å². The molecule has 0 amide bonds. The summed E-state index contributed by atoms with van der Waals surface area (Å²) in [6, 6.07) is 0. The first-order valence-electron chi connectivity index (χ1n) is 4.74. The van der Waals surface area contributed by atoms with Gasteiger partial charge in [-0.15, -0.1) is 0 Å². The molecule has 1 N–H and O–H groups in total. The summed E-state index contributed by atoms with van der Waals surface area (Å²) >= 11 is 0. The molecule has 1 atom stereocenters. The molecule has 1 unspecified atom stereocenters. The molecule has 2 nitrogen and oxygen atoms in total. The van der Waals surface area contributed by atoms with Crippen molar-refractivity contribution in [3.63, 3.8) is 0 Å². The zero-order chi connectivity index (χ0) is 9.23. The molecule has 0 aromatic rings. The van der Waals surface area contributed by atoms with Gasteiger partial charge in [0.25, 0.3) is 0 Å². The third kappa shape index (κ3) is 6.23. The highest BCUT2D eigenvalue weighted by Crippen LogP contribution is 2.11. The molecule has 0 rings (SSSR count). The van der Waals surface area contributed by atoms with E-state index in [-0.39, 0.29) is 6.61 Å². The fraction of sp³-hybridized carbons (Fsp3) is 0.800. The summed E-state index contributed by atoms with van der Waals surface area (Å²) in [4.78, 5) is 0. The van der Waals surface area contributed by atoms with E-state index in [0.717, 1.165) is 6.42 Å². The minimum atomic E-state index is 0.0922. The molecular formula is C10H20O2. The summed E-state index contributed by atoms with van der Waals surface area (Å²) in [5.74, 6) is 0.633. The highest BCUT2D eigenvalue weighted by atomic mass is 16.5. The van der Waals surface area contributed by atoms with Crippen LogP contribution in [-0.2, 0) is 4.74 Å². The number of hydrogen-bond donors (Lipinski definition) is 1. The first-order valence-corrected chi connectivity index (χ1v) is 4.74. The lowest BCUT2D eigenvalue weighted by Crippen LogP contribution is -1.96. The predicted octanol–water partition coefficient (Wildman–Crippen LogP) is 2.34. The Hall–Kier alpha value is -0.500. The number of ether oxygens (including phenoxy) is 1. The monoisotopic (exact) mass is 172 g/mol. The summed E-state index contributed by atoms with van der Waals surface area (Å²) in [7, 11) is 0. The molecule has 0 aliphatic rings. The van der Waals surface area contributed by atoms with E-state index in [1.165, 1.54) is 12.8 Å². The van der Waals surface area contributed by atoms with Crippen LogP contribution in [0.2, 0.25) is 0 Å². The Morgan fingerprint density at radius 3 is 2.67 bits per heavy atom. The lowest BCUT2D eigenvalue weighted by Gasteiger charge is -2.06. The maximum atomic E-state index is 8.43. The molecule has 0 fully saturated rings. The smallest absolute Gasteiger partial charge is 0.110 e. The molecule has 0 radical (unpaired) electrons. The third-order valence-electron chi connectivity index (χ3n) is 1.84. The van der Waals surface area contributed by atoms with Gasteiger partial charge in [-0.2, -0.15) is 0 Å². The van der Waals surface area contributed by atoms with Gasteiger partial charge in [-0.25, -0.2) is 0 Å². The minimum absolute atomic E-state index is 0.0922. The molecule has 0 aromatic carbocycles. The second-order valence-electron chi connectivity index (χ2n) is 2.88. The highest BCUT2D eigenvalue weighted by molar-refractivity contribution is 4.81. The molecule has 2 heteroatoms. The zero-order valence-electron chi connectivity index (χ0n) is 8.12. The van der Waals surface area contributed by atoms with Crippen LogP contribution in [0.4, 0.5) is 0 Å². The second kappa shape index (κ2) is 8.60. The second-order valence-corrected chi connectivity index (χ2v) is 2.88. The van der Waals surface area contributed by atoms with E-state index >= 15 is 0 Å². The number of aliphatic hydroxyl groups excluding tert-OH is 1. The third-order valence-corrected chi connectivity index (χ3v) is 1.84. The van der Waals surface area contributed by atoms with E-state index in [9.17, 15) is 0 Å².